The van der Waals surface area contributed by atoms with Crippen molar-refractivity contribution in [2.24, 2.45) is 0 Å². The van der Waals surface area contributed by atoms with E-state index in [0.29, 0.717) is 23.4 Å². The number of rotatable bonds is 10. The summed E-state index contributed by atoms with van der Waals surface area (Å²) in [5, 5.41) is 25.1. The predicted molar refractivity (Wildman–Crippen MR) is 122 cm³/mol. The number of aromatic nitrogens is 4. The first-order valence-corrected chi connectivity index (χ1v) is 10.0. The number of hydrogen-bond acceptors (Lipinski definition) is 11. The van der Waals surface area contributed by atoms with Gasteiger partial charge >= 0.3 is 11.9 Å². The largest absolute Gasteiger partial charge is 0.481 e. The number of fused-ring (bicyclic) bond motifs is 1. The summed E-state index contributed by atoms with van der Waals surface area (Å²) in [6.07, 6.45) is 0.726. The first-order chi connectivity index (χ1) is 16.6. The Hall–Kier alpha value is -5.08. The Morgan fingerprint density at radius 2 is 1.71 bits per heavy atom. The highest BCUT2D eigenvalue weighted by Crippen LogP contribution is 2.16. The molecular weight excluding hydrogens is 462 g/mol. The number of nitrogen functional groups attached to an aromatic ring is 2. The van der Waals surface area contributed by atoms with Crippen molar-refractivity contribution in [3.8, 4) is 0 Å². The summed E-state index contributed by atoms with van der Waals surface area (Å²) in [6, 6.07) is 4.70. The molecule has 0 spiro atoms. The van der Waals surface area contributed by atoms with E-state index in [4.69, 9.17) is 21.7 Å². The fourth-order valence-corrected chi connectivity index (χ4v) is 2.88. The summed E-state index contributed by atoms with van der Waals surface area (Å²) in [5.74, 6) is -4.17. The minimum Gasteiger partial charge on any atom is -0.481 e. The lowest BCUT2D eigenvalue weighted by Gasteiger charge is -2.13. The molecule has 0 saturated carbocycles. The standard InChI is InChI=1S/C20H21N9O6/c21-16-15-17(29-20(22)28-16)24-7-11(26-15)6-23-10-3-1-9(2-4-10)18(33)25-8-13(30)27-12(19(34)35)5-14(31)32/h1-4,7,12,23H,5-6,8H2,(H,25,33)(H,27,30)(H,31,32)(H,34,35)(H4,21,22,24,28,29)/t12-/m0/s1. The van der Waals surface area contributed by atoms with Crippen LogP contribution in [0, 0.1) is 0 Å². The van der Waals surface area contributed by atoms with Gasteiger partial charge in [-0.15, -0.1) is 0 Å². The number of amides is 2. The van der Waals surface area contributed by atoms with Gasteiger partial charge in [0.05, 0.1) is 31.4 Å². The number of carboxylic acid groups (broad SMARTS) is 2. The van der Waals surface area contributed by atoms with Crippen LogP contribution in [0.4, 0.5) is 17.5 Å². The topological polar surface area (TPSA) is 248 Å². The Morgan fingerprint density at radius 1 is 1.00 bits per heavy atom. The SMILES string of the molecule is Nc1nc(N)c2nc(CNc3ccc(C(=O)NCC(=O)N[C@@H](CC(=O)O)C(=O)O)cc3)cnc2n1. The van der Waals surface area contributed by atoms with Crippen molar-refractivity contribution in [2.45, 2.75) is 19.0 Å². The fourth-order valence-electron chi connectivity index (χ4n) is 2.88. The quantitative estimate of drug-likeness (QED) is 0.182. The highest BCUT2D eigenvalue weighted by molar-refractivity contribution is 5.97. The zero-order valence-corrected chi connectivity index (χ0v) is 18.1. The highest BCUT2D eigenvalue weighted by atomic mass is 16.4. The van der Waals surface area contributed by atoms with Crippen LogP contribution in [0.3, 0.4) is 0 Å². The maximum atomic E-state index is 12.2. The van der Waals surface area contributed by atoms with Crippen molar-refractivity contribution < 1.29 is 29.4 Å². The first kappa shape index (κ1) is 24.6. The van der Waals surface area contributed by atoms with Gasteiger partial charge in [0.15, 0.2) is 17.0 Å². The molecule has 0 radical (unpaired) electrons. The van der Waals surface area contributed by atoms with Crippen LogP contribution >= 0.6 is 0 Å². The Morgan fingerprint density at radius 3 is 2.37 bits per heavy atom. The van der Waals surface area contributed by atoms with E-state index in [1.165, 1.54) is 18.3 Å². The van der Waals surface area contributed by atoms with E-state index in [-0.39, 0.29) is 23.0 Å². The summed E-state index contributed by atoms with van der Waals surface area (Å²) in [4.78, 5) is 62.1. The fraction of sp³-hybridized carbons (Fsp3) is 0.200. The van der Waals surface area contributed by atoms with Crippen LogP contribution in [0.5, 0.6) is 0 Å². The smallest absolute Gasteiger partial charge is 0.326 e. The van der Waals surface area contributed by atoms with E-state index >= 15 is 0 Å². The van der Waals surface area contributed by atoms with Crippen LogP contribution in [0.2, 0.25) is 0 Å². The van der Waals surface area contributed by atoms with E-state index in [9.17, 15) is 19.2 Å². The third-order valence-electron chi connectivity index (χ3n) is 4.54. The van der Waals surface area contributed by atoms with Crippen LogP contribution in [0.25, 0.3) is 11.2 Å². The predicted octanol–water partition coefficient (Wildman–Crippen LogP) is -1.03. The van der Waals surface area contributed by atoms with Crippen LogP contribution in [0.15, 0.2) is 30.5 Å². The number of hydrogen-bond donors (Lipinski definition) is 7. The molecule has 1 aromatic carbocycles. The van der Waals surface area contributed by atoms with Gasteiger partial charge in [-0.25, -0.2) is 14.8 Å². The molecule has 0 fully saturated rings. The Labute approximate surface area is 197 Å². The lowest BCUT2D eigenvalue weighted by Crippen LogP contribution is -2.46. The molecule has 182 valence electrons. The Balaban J connectivity index is 1.52. The van der Waals surface area contributed by atoms with Crippen molar-refractivity contribution >= 4 is 52.4 Å². The van der Waals surface area contributed by atoms with Gasteiger partial charge in [0.2, 0.25) is 11.9 Å². The molecule has 0 bridgehead atoms. The molecule has 9 N–H and O–H groups in total. The van der Waals surface area contributed by atoms with Crippen LogP contribution in [-0.2, 0) is 20.9 Å². The maximum Gasteiger partial charge on any atom is 0.326 e. The van der Waals surface area contributed by atoms with Gasteiger partial charge in [0.1, 0.15) is 6.04 Å². The molecule has 3 rings (SSSR count). The second kappa shape index (κ2) is 10.7. The van der Waals surface area contributed by atoms with Crippen molar-refractivity contribution in [1.29, 1.82) is 0 Å². The van der Waals surface area contributed by atoms with Gasteiger partial charge in [-0.2, -0.15) is 9.97 Å². The molecular formula is C20H21N9O6. The number of benzene rings is 1. The van der Waals surface area contributed by atoms with E-state index in [1.807, 2.05) is 5.32 Å². The molecule has 35 heavy (non-hydrogen) atoms. The number of nitrogens with one attached hydrogen (secondary N) is 3. The summed E-state index contributed by atoms with van der Waals surface area (Å²) < 4.78 is 0. The number of aliphatic carboxylic acids is 2. The van der Waals surface area contributed by atoms with Crippen LogP contribution in [-0.4, -0.2) is 66.5 Å². The van der Waals surface area contributed by atoms with E-state index in [0.717, 1.165) is 0 Å². The number of nitrogens with zero attached hydrogens (tertiary/aromatic N) is 4. The molecule has 1 atom stereocenters. The second-order valence-electron chi connectivity index (χ2n) is 7.17. The Kier molecular flexibility index (Phi) is 7.50. The van der Waals surface area contributed by atoms with Gasteiger partial charge < -0.3 is 37.6 Å². The van der Waals surface area contributed by atoms with E-state index in [2.05, 4.69) is 30.6 Å². The molecule has 15 nitrogen and oxygen atoms in total. The van der Waals surface area contributed by atoms with Gasteiger partial charge in [-0.1, -0.05) is 0 Å². The number of carbonyl (C=O) groups excluding carboxylic acids is 2. The van der Waals surface area contributed by atoms with Crippen molar-refractivity contribution in [1.82, 2.24) is 30.6 Å². The second-order valence-corrected chi connectivity index (χ2v) is 7.17. The van der Waals surface area contributed by atoms with Crippen molar-refractivity contribution in [2.75, 3.05) is 23.3 Å². The lowest BCUT2D eigenvalue weighted by molar-refractivity contribution is -0.147. The molecule has 15 heteroatoms. The molecule has 0 unspecified atom stereocenters. The molecule has 0 aliphatic rings. The molecule has 0 aliphatic heterocycles. The zero-order valence-electron chi connectivity index (χ0n) is 18.1. The minimum atomic E-state index is -1.60. The molecule has 0 saturated heterocycles. The third-order valence-corrected chi connectivity index (χ3v) is 4.54. The van der Waals surface area contributed by atoms with Gasteiger partial charge in [-0.3, -0.25) is 14.4 Å². The van der Waals surface area contributed by atoms with Gasteiger partial charge in [0, 0.05) is 11.3 Å². The van der Waals surface area contributed by atoms with Crippen molar-refractivity contribution in [3.63, 3.8) is 0 Å². The number of nitrogens with two attached hydrogens (primary N) is 2. The van der Waals surface area contributed by atoms with Crippen LogP contribution < -0.4 is 27.4 Å². The van der Waals surface area contributed by atoms with E-state index < -0.39 is 42.8 Å². The van der Waals surface area contributed by atoms with Gasteiger partial charge in [-0.05, 0) is 24.3 Å². The van der Waals surface area contributed by atoms with E-state index in [1.54, 1.807) is 12.1 Å². The van der Waals surface area contributed by atoms with Crippen LogP contribution in [0.1, 0.15) is 22.5 Å². The maximum absolute atomic E-state index is 12.2. The summed E-state index contributed by atoms with van der Waals surface area (Å²) >= 11 is 0. The average Bonchev–Trinajstić information content (AvgIpc) is 2.81. The molecule has 3 aromatic rings. The minimum absolute atomic E-state index is 0.00238. The third kappa shape index (κ3) is 6.70. The lowest BCUT2D eigenvalue weighted by atomic mass is 10.2. The molecule has 0 aliphatic carbocycles. The number of anilines is 3. The van der Waals surface area contributed by atoms with Gasteiger partial charge in [0.25, 0.3) is 5.91 Å². The Bertz CT molecular complexity index is 1280. The average molecular weight is 483 g/mol. The number of carbonyl (C=O) groups is 4. The summed E-state index contributed by atoms with van der Waals surface area (Å²) in [7, 11) is 0. The van der Waals surface area contributed by atoms with Crippen molar-refractivity contribution in [3.05, 3.63) is 41.7 Å². The summed E-state index contributed by atoms with van der Waals surface area (Å²) in [5.41, 5.74) is 13.4. The molecule has 2 amide bonds. The summed E-state index contributed by atoms with van der Waals surface area (Å²) in [6.45, 7) is -0.235. The molecule has 2 aromatic heterocycles. The zero-order chi connectivity index (χ0) is 25.5. The first-order valence-electron chi connectivity index (χ1n) is 10.0. The molecule has 2 heterocycles. The normalized spacial score (nSPS) is 11.4. The highest BCUT2D eigenvalue weighted by Gasteiger charge is 2.23. The monoisotopic (exact) mass is 483 g/mol. The number of carboxylic acids is 2.